The molecule has 0 spiro atoms. The molecule has 1 N–H and O–H groups in total. The minimum atomic E-state index is 0.536. The summed E-state index contributed by atoms with van der Waals surface area (Å²) in [7, 11) is 1.59. The normalized spacial score (nSPS) is 12.3. The Hall–Kier alpha value is -3.74. The van der Waals surface area contributed by atoms with Gasteiger partial charge in [0.25, 0.3) is 0 Å². The van der Waals surface area contributed by atoms with Crippen molar-refractivity contribution in [3.63, 3.8) is 0 Å². The van der Waals surface area contributed by atoms with E-state index >= 15 is 0 Å². The number of hydrogen-bond donors (Lipinski definition) is 1. The van der Waals surface area contributed by atoms with Crippen molar-refractivity contribution in [1.29, 1.82) is 0 Å². The Balaban J connectivity index is 1.59. The second kappa shape index (κ2) is 6.21. The lowest BCUT2D eigenvalue weighted by Gasteiger charge is -2.11. The second-order valence-corrected chi connectivity index (χ2v) is 6.23. The number of aromatic nitrogens is 4. The van der Waals surface area contributed by atoms with Crippen LogP contribution in [0.2, 0.25) is 0 Å². The van der Waals surface area contributed by atoms with Crippen molar-refractivity contribution < 1.29 is 4.74 Å². The van der Waals surface area contributed by atoms with Crippen molar-refractivity contribution in [2.45, 2.75) is 6.54 Å². The number of imidazole rings is 1. The van der Waals surface area contributed by atoms with Crippen LogP contribution in [0.4, 0.5) is 11.5 Å². The summed E-state index contributed by atoms with van der Waals surface area (Å²) < 4.78 is 7.16. The molecular formula is C20H16N6O. The molecule has 1 aliphatic rings. The van der Waals surface area contributed by atoms with Gasteiger partial charge in [-0.25, -0.2) is 15.0 Å². The third kappa shape index (κ3) is 2.79. The zero-order valence-corrected chi connectivity index (χ0v) is 14.6. The molecule has 0 saturated carbocycles. The number of rotatable bonds is 4. The van der Waals surface area contributed by atoms with E-state index in [0.29, 0.717) is 11.7 Å². The molecule has 1 aromatic carbocycles. The fourth-order valence-electron chi connectivity index (χ4n) is 3.16. The highest BCUT2D eigenvalue weighted by Crippen LogP contribution is 2.27. The van der Waals surface area contributed by atoms with Crippen LogP contribution in [0.25, 0.3) is 16.9 Å². The molecule has 0 saturated heterocycles. The summed E-state index contributed by atoms with van der Waals surface area (Å²) in [6.07, 6.45) is 9.26. The van der Waals surface area contributed by atoms with E-state index in [9.17, 15) is 0 Å². The van der Waals surface area contributed by atoms with Gasteiger partial charge >= 0.3 is 0 Å². The number of nitrogens with one attached hydrogen (secondary N) is 1. The van der Waals surface area contributed by atoms with Gasteiger partial charge in [0.15, 0.2) is 11.5 Å². The van der Waals surface area contributed by atoms with Crippen LogP contribution in [0.3, 0.4) is 0 Å². The molecule has 0 unspecified atom stereocenters. The minimum absolute atomic E-state index is 0.536. The lowest BCUT2D eigenvalue weighted by Crippen LogP contribution is -2.01. The van der Waals surface area contributed by atoms with Gasteiger partial charge in [-0.15, -0.1) is 0 Å². The monoisotopic (exact) mass is 356 g/mol. The number of anilines is 2. The highest BCUT2D eigenvalue weighted by Gasteiger charge is 2.13. The van der Waals surface area contributed by atoms with Crippen LogP contribution in [0.15, 0.2) is 60.1 Å². The van der Waals surface area contributed by atoms with Gasteiger partial charge < -0.3 is 14.5 Å². The minimum Gasteiger partial charge on any atom is -0.481 e. The van der Waals surface area contributed by atoms with Crippen molar-refractivity contribution in [3.05, 3.63) is 66.2 Å². The Morgan fingerprint density at radius 1 is 1.11 bits per heavy atom. The number of fused-ring (bicyclic) bond motifs is 2. The second-order valence-electron chi connectivity index (χ2n) is 6.23. The summed E-state index contributed by atoms with van der Waals surface area (Å²) in [5.74, 6) is 1.21. The topological polar surface area (TPSA) is 76.7 Å². The van der Waals surface area contributed by atoms with Crippen LogP contribution < -0.4 is 10.1 Å². The Labute approximate surface area is 155 Å². The van der Waals surface area contributed by atoms with E-state index in [-0.39, 0.29) is 0 Å². The van der Waals surface area contributed by atoms with E-state index in [2.05, 4.69) is 38.5 Å². The maximum Gasteiger partial charge on any atom is 0.214 e. The molecule has 4 heterocycles. The molecule has 0 amide bonds. The number of aliphatic imine (C=N–C) groups is 1. The van der Waals surface area contributed by atoms with Crippen LogP contribution in [-0.4, -0.2) is 32.7 Å². The molecule has 0 atom stereocenters. The quantitative estimate of drug-likeness (QED) is 0.606. The van der Waals surface area contributed by atoms with E-state index in [0.717, 1.165) is 29.1 Å². The smallest absolute Gasteiger partial charge is 0.214 e. The molecule has 0 radical (unpaired) electrons. The first-order chi connectivity index (χ1) is 13.3. The van der Waals surface area contributed by atoms with Crippen molar-refractivity contribution in [1.82, 2.24) is 19.4 Å². The van der Waals surface area contributed by atoms with Crippen LogP contribution in [0.5, 0.6) is 5.88 Å². The molecule has 5 rings (SSSR count). The highest BCUT2D eigenvalue weighted by molar-refractivity contribution is 5.86. The zero-order chi connectivity index (χ0) is 18.2. The predicted molar refractivity (Wildman–Crippen MR) is 104 cm³/mol. The first-order valence-electron chi connectivity index (χ1n) is 8.54. The standard InChI is InChI=1S/C20H16N6O/c1-27-18-9-16(4-5-22-18)24-19-20-23-6-7-26(20)12-17(25-19)13-2-3-14-10-21-11-15(14)8-13/h2-10,12H,11H2,1H3,(H,22,24,25). The number of ether oxygens (including phenoxy) is 1. The van der Waals surface area contributed by atoms with E-state index in [4.69, 9.17) is 9.72 Å². The van der Waals surface area contributed by atoms with Crippen LogP contribution in [-0.2, 0) is 6.54 Å². The number of nitrogens with zero attached hydrogens (tertiary/aromatic N) is 5. The van der Waals surface area contributed by atoms with Crippen molar-refractivity contribution in [3.8, 4) is 17.1 Å². The molecule has 7 heteroatoms. The molecule has 132 valence electrons. The summed E-state index contributed by atoms with van der Waals surface area (Å²) in [6, 6.07) is 9.98. The molecular weight excluding hydrogens is 340 g/mol. The molecule has 27 heavy (non-hydrogen) atoms. The lowest BCUT2D eigenvalue weighted by atomic mass is 10.0. The molecule has 0 fully saturated rings. The molecule has 0 bridgehead atoms. The van der Waals surface area contributed by atoms with Gasteiger partial charge in [0.05, 0.1) is 19.3 Å². The van der Waals surface area contributed by atoms with Gasteiger partial charge in [-0.3, -0.25) is 4.99 Å². The zero-order valence-electron chi connectivity index (χ0n) is 14.6. The summed E-state index contributed by atoms with van der Waals surface area (Å²) >= 11 is 0. The van der Waals surface area contributed by atoms with E-state index in [1.54, 1.807) is 19.5 Å². The maximum atomic E-state index is 5.20. The van der Waals surface area contributed by atoms with Crippen LogP contribution in [0.1, 0.15) is 11.1 Å². The molecule has 1 aliphatic heterocycles. The lowest BCUT2D eigenvalue weighted by molar-refractivity contribution is 0.398. The average molecular weight is 356 g/mol. The van der Waals surface area contributed by atoms with E-state index < -0.39 is 0 Å². The van der Waals surface area contributed by atoms with Gasteiger partial charge in [0.2, 0.25) is 5.88 Å². The summed E-state index contributed by atoms with van der Waals surface area (Å²) in [4.78, 5) is 17.7. The summed E-state index contributed by atoms with van der Waals surface area (Å²) in [5.41, 5.74) is 5.87. The Morgan fingerprint density at radius 3 is 3.00 bits per heavy atom. The highest BCUT2D eigenvalue weighted by atomic mass is 16.5. The van der Waals surface area contributed by atoms with Crippen LogP contribution >= 0.6 is 0 Å². The maximum absolute atomic E-state index is 5.20. The number of hydrogen-bond acceptors (Lipinski definition) is 6. The van der Waals surface area contributed by atoms with E-state index in [1.165, 1.54) is 11.1 Å². The third-order valence-electron chi connectivity index (χ3n) is 4.51. The van der Waals surface area contributed by atoms with Gasteiger partial charge in [-0.05, 0) is 23.3 Å². The number of pyridine rings is 1. The van der Waals surface area contributed by atoms with E-state index in [1.807, 2.05) is 35.1 Å². The first-order valence-corrected chi connectivity index (χ1v) is 8.54. The Kier molecular flexibility index (Phi) is 3.57. The van der Waals surface area contributed by atoms with Gasteiger partial charge in [-0.1, -0.05) is 12.1 Å². The fraction of sp³-hybridized carbons (Fsp3) is 0.100. The summed E-state index contributed by atoms with van der Waals surface area (Å²) in [5, 5.41) is 3.33. The Morgan fingerprint density at radius 2 is 2.07 bits per heavy atom. The van der Waals surface area contributed by atoms with Crippen molar-refractivity contribution in [2.75, 3.05) is 12.4 Å². The van der Waals surface area contributed by atoms with Crippen molar-refractivity contribution in [2.24, 2.45) is 4.99 Å². The van der Waals surface area contributed by atoms with Gasteiger partial charge in [0.1, 0.15) is 0 Å². The molecule has 0 aliphatic carbocycles. The number of benzene rings is 1. The third-order valence-corrected chi connectivity index (χ3v) is 4.51. The van der Waals surface area contributed by atoms with Gasteiger partial charge in [-0.2, -0.15) is 0 Å². The molecule has 7 nitrogen and oxygen atoms in total. The molecule has 3 aromatic heterocycles. The first kappa shape index (κ1) is 15.5. The predicted octanol–water partition coefficient (Wildman–Crippen LogP) is 3.48. The SMILES string of the molecule is COc1cc(Nc2nc(-c3ccc4c(c3)CN=C4)cn3ccnc23)ccn1. The largest absolute Gasteiger partial charge is 0.481 e. The fourth-order valence-corrected chi connectivity index (χ4v) is 3.16. The summed E-state index contributed by atoms with van der Waals surface area (Å²) in [6.45, 7) is 0.721. The average Bonchev–Trinajstić information content (AvgIpc) is 3.36. The molecule has 4 aromatic rings. The van der Waals surface area contributed by atoms with Crippen molar-refractivity contribution >= 4 is 23.4 Å². The van der Waals surface area contributed by atoms with Crippen LogP contribution in [0, 0.1) is 0 Å². The Bertz CT molecular complexity index is 1180. The van der Waals surface area contributed by atoms with Gasteiger partial charge in [0, 0.05) is 48.3 Å². The number of methoxy groups -OCH3 is 1.